The van der Waals surface area contributed by atoms with Gasteiger partial charge in [-0.2, -0.15) is 0 Å². The number of carbonyl (C=O) groups is 2. The van der Waals surface area contributed by atoms with Crippen molar-refractivity contribution in [1.82, 2.24) is 14.8 Å². The van der Waals surface area contributed by atoms with Gasteiger partial charge in [-0.25, -0.2) is 0 Å². The fourth-order valence-electron chi connectivity index (χ4n) is 3.89. The van der Waals surface area contributed by atoms with Crippen LogP contribution in [0, 0.1) is 5.92 Å². The van der Waals surface area contributed by atoms with Gasteiger partial charge in [0, 0.05) is 37.5 Å². The van der Waals surface area contributed by atoms with Crippen molar-refractivity contribution < 1.29 is 19.1 Å². The monoisotopic (exact) mass is 371 g/mol. The summed E-state index contributed by atoms with van der Waals surface area (Å²) in [6.45, 7) is 2.36. The summed E-state index contributed by atoms with van der Waals surface area (Å²) in [6, 6.07) is 9.76. The van der Waals surface area contributed by atoms with Crippen LogP contribution in [0.3, 0.4) is 0 Å². The van der Waals surface area contributed by atoms with Crippen LogP contribution in [0.25, 0.3) is 10.9 Å². The molecule has 144 valence electrons. The maximum Gasteiger partial charge on any atom is 0.270 e. The molecular weight excluding hydrogens is 346 g/mol. The molecule has 0 saturated carbocycles. The molecule has 3 heterocycles. The first-order valence-electron chi connectivity index (χ1n) is 9.27. The normalized spacial score (nSPS) is 20.8. The van der Waals surface area contributed by atoms with Gasteiger partial charge in [0.2, 0.25) is 5.91 Å². The molecule has 1 N–H and O–H groups in total. The molecule has 0 aliphatic carbocycles. The lowest BCUT2D eigenvalue weighted by atomic mass is 9.81. The molecular formula is C20H25N3O4. The number of amides is 2. The Labute approximate surface area is 158 Å². The molecule has 1 unspecified atom stereocenters. The summed E-state index contributed by atoms with van der Waals surface area (Å²) < 4.78 is 11.6. The van der Waals surface area contributed by atoms with Gasteiger partial charge in [-0.3, -0.25) is 9.59 Å². The van der Waals surface area contributed by atoms with E-state index in [4.69, 9.17) is 9.47 Å². The second kappa shape index (κ2) is 6.98. The van der Waals surface area contributed by atoms with Crippen molar-refractivity contribution in [3.8, 4) is 0 Å². The van der Waals surface area contributed by atoms with Crippen LogP contribution in [0.2, 0.25) is 0 Å². The quantitative estimate of drug-likeness (QED) is 0.864. The number of aromatic nitrogens is 1. The number of fused-ring (bicyclic) bond motifs is 1. The fraction of sp³-hybridized carbons (Fsp3) is 0.500. The van der Waals surface area contributed by atoms with Crippen molar-refractivity contribution in [1.29, 1.82) is 0 Å². The Balaban J connectivity index is 1.35. The molecule has 7 heteroatoms. The lowest BCUT2D eigenvalue weighted by Crippen LogP contribution is -2.66. The van der Waals surface area contributed by atoms with Crippen LogP contribution in [0.4, 0.5) is 0 Å². The minimum Gasteiger partial charge on any atom is -0.371 e. The van der Waals surface area contributed by atoms with Gasteiger partial charge >= 0.3 is 0 Å². The first-order valence-corrected chi connectivity index (χ1v) is 9.27. The van der Waals surface area contributed by atoms with Crippen molar-refractivity contribution in [2.45, 2.75) is 12.0 Å². The van der Waals surface area contributed by atoms with E-state index in [1.165, 1.54) is 4.90 Å². The number of nitrogens with one attached hydrogen (secondary N) is 1. The molecule has 2 aliphatic heterocycles. The topological polar surface area (TPSA) is 74.9 Å². The van der Waals surface area contributed by atoms with Gasteiger partial charge in [-0.1, -0.05) is 18.2 Å². The summed E-state index contributed by atoms with van der Waals surface area (Å²) in [6.07, 6.45) is 0.893. The van der Waals surface area contributed by atoms with Crippen LogP contribution in [-0.4, -0.2) is 79.2 Å². The molecule has 4 rings (SSSR count). The Morgan fingerprint density at radius 3 is 2.85 bits per heavy atom. The number of hydrogen-bond donors (Lipinski definition) is 1. The molecule has 0 bridgehead atoms. The molecule has 1 aromatic carbocycles. The van der Waals surface area contributed by atoms with Crippen LogP contribution in [-0.2, 0) is 14.3 Å². The molecule has 2 fully saturated rings. The van der Waals surface area contributed by atoms with E-state index in [0.29, 0.717) is 32.0 Å². The maximum atomic E-state index is 12.8. The van der Waals surface area contributed by atoms with Gasteiger partial charge in [0.1, 0.15) is 17.9 Å². The Morgan fingerprint density at radius 2 is 2.11 bits per heavy atom. The number of ether oxygens (including phenoxy) is 2. The lowest BCUT2D eigenvalue weighted by Gasteiger charge is -2.50. The number of benzene rings is 1. The number of aromatic amines is 1. The van der Waals surface area contributed by atoms with E-state index in [-0.39, 0.29) is 29.9 Å². The third-order valence-electron chi connectivity index (χ3n) is 5.61. The summed E-state index contributed by atoms with van der Waals surface area (Å²) in [7, 11) is 3.43. The third kappa shape index (κ3) is 3.33. The van der Waals surface area contributed by atoms with Gasteiger partial charge in [-0.15, -0.1) is 0 Å². The van der Waals surface area contributed by atoms with E-state index in [1.54, 1.807) is 14.1 Å². The minimum absolute atomic E-state index is 0.00483. The second-order valence-corrected chi connectivity index (χ2v) is 7.63. The second-order valence-electron chi connectivity index (χ2n) is 7.63. The number of rotatable bonds is 5. The van der Waals surface area contributed by atoms with Crippen molar-refractivity contribution in [3.05, 3.63) is 36.0 Å². The number of likely N-dealkylation sites (tertiary alicyclic amines) is 1. The van der Waals surface area contributed by atoms with Crippen LogP contribution >= 0.6 is 0 Å². The maximum absolute atomic E-state index is 12.8. The van der Waals surface area contributed by atoms with Crippen molar-refractivity contribution in [3.63, 3.8) is 0 Å². The Morgan fingerprint density at radius 1 is 1.33 bits per heavy atom. The average Bonchev–Trinajstić information content (AvgIpc) is 3.23. The zero-order valence-corrected chi connectivity index (χ0v) is 15.7. The van der Waals surface area contributed by atoms with Gasteiger partial charge < -0.3 is 24.3 Å². The fourth-order valence-corrected chi connectivity index (χ4v) is 3.89. The van der Waals surface area contributed by atoms with E-state index in [2.05, 4.69) is 4.98 Å². The van der Waals surface area contributed by atoms with E-state index in [0.717, 1.165) is 17.3 Å². The molecule has 1 aromatic heterocycles. The Kier molecular flexibility index (Phi) is 4.65. The zero-order chi connectivity index (χ0) is 19.0. The molecule has 1 spiro atoms. The summed E-state index contributed by atoms with van der Waals surface area (Å²) in [5, 5.41) is 1.03. The number of para-hydroxylation sites is 1. The van der Waals surface area contributed by atoms with Crippen LogP contribution in [0.5, 0.6) is 0 Å². The smallest absolute Gasteiger partial charge is 0.270 e. The van der Waals surface area contributed by atoms with Crippen LogP contribution in [0.15, 0.2) is 30.3 Å². The molecule has 2 saturated heterocycles. The first kappa shape index (κ1) is 18.0. The summed E-state index contributed by atoms with van der Waals surface area (Å²) in [4.78, 5) is 31.0. The highest BCUT2D eigenvalue weighted by molar-refractivity contribution is 5.98. The molecule has 1 atom stereocenters. The van der Waals surface area contributed by atoms with Crippen molar-refractivity contribution in [2.24, 2.45) is 5.92 Å². The highest BCUT2D eigenvalue weighted by atomic mass is 16.5. The highest BCUT2D eigenvalue weighted by Crippen LogP contribution is 2.40. The van der Waals surface area contributed by atoms with Crippen LogP contribution in [0.1, 0.15) is 16.9 Å². The number of H-pyrrole nitrogens is 1. The SMILES string of the molecule is CN(C)C(=O)COCC1CCOC12CN(C(=O)c1cc3ccccc3[nH]1)C2. The van der Waals surface area contributed by atoms with E-state index < -0.39 is 0 Å². The van der Waals surface area contributed by atoms with Crippen molar-refractivity contribution in [2.75, 3.05) is 47.0 Å². The zero-order valence-electron chi connectivity index (χ0n) is 15.7. The first-order chi connectivity index (χ1) is 13.0. The van der Waals surface area contributed by atoms with E-state index >= 15 is 0 Å². The average molecular weight is 371 g/mol. The van der Waals surface area contributed by atoms with Gasteiger partial charge in [0.15, 0.2) is 0 Å². The lowest BCUT2D eigenvalue weighted by molar-refractivity contribution is -0.141. The molecule has 2 amide bonds. The predicted molar refractivity (Wildman–Crippen MR) is 101 cm³/mol. The molecule has 7 nitrogen and oxygen atoms in total. The predicted octanol–water partition coefficient (Wildman–Crippen LogP) is 1.50. The Hall–Kier alpha value is -2.38. The van der Waals surface area contributed by atoms with Gasteiger partial charge in [0.05, 0.1) is 19.7 Å². The number of likely N-dealkylation sites (N-methyl/N-ethyl adjacent to an activating group) is 1. The molecule has 0 radical (unpaired) electrons. The van der Waals surface area contributed by atoms with Gasteiger partial charge in [-0.05, 0) is 18.6 Å². The largest absolute Gasteiger partial charge is 0.371 e. The minimum atomic E-state index is -0.331. The molecule has 2 aromatic rings. The molecule has 27 heavy (non-hydrogen) atoms. The highest BCUT2D eigenvalue weighted by Gasteiger charge is 2.54. The summed E-state index contributed by atoms with van der Waals surface area (Å²) >= 11 is 0. The number of carbonyl (C=O) groups excluding carboxylic acids is 2. The number of nitrogens with zero attached hydrogens (tertiary/aromatic N) is 2. The van der Waals surface area contributed by atoms with Gasteiger partial charge in [0.25, 0.3) is 5.91 Å². The summed E-state index contributed by atoms with van der Waals surface area (Å²) in [5.41, 5.74) is 1.24. The van der Waals surface area contributed by atoms with E-state index in [1.807, 2.05) is 35.2 Å². The van der Waals surface area contributed by atoms with Crippen molar-refractivity contribution >= 4 is 22.7 Å². The molecule has 2 aliphatic rings. The standard InChI is InChI=1S/C20H25N3O4/c1-22(2)18(24)11-26-10-15-7-8-27-20(15)12-23(13-20)19(25)17-9-14-5-3-4-6-16(14)21-17/h3-6,9,15,21H,7-8,10-13H2,1-2H3. The summed E-state index contributed by atoms with van der Waals surface area (Å²) in [5.74, 6) is 0.154. The third-order valence-corrected chi connectivity index (χ3v) is 5.61. The number of hydrogen-bond acceptors (Lipinski definition) is 4. The van der Waals surface area contributed by atoms with E-state index in [9.17, 15) is 9.59 Å². The Bertz CT molecular complexity index is 821. The van der Waals surface area contributed by atoms with Crippen LogP contribution < -0.4 is 0 Å².